The summed E-state index contributed by atoms with van der Waals surface area (Å²) in [5.41, 5.74) is 16.9. The quantitative estimate of drug-likeness (QED) is 0.0433. The third-order valence-corrected chi connectivity index (χ3v) is 7.34. The normalized spacial score (nSPS) is 14.8. The number of hydrogen-bond donors (Lipinski definition) is 10. The second-order valence-electron chi connectivity index (χ2n) is 11.6. The molecular formula is C30H48N8O9. The van der Waals surface area contributed by atoms with Gasteiger partial charge in [-0.25, -0.2) is 4.79 Å². The molecule has 0 heterocycles. The lowest BCUT2D eigenvalue weighted by atomic mass is 9.97. The van der Waals surface area contributed by atoms with Crippen molar-refractivity contribution in [1.29, 1.82) is 0 Å². The number of nitrogens with zero attached hydrogens (tertiary/aromatic N) is 1. The molecule has 13 N–H and O–H groups in total. The Bertz CT molecular complexity index is 1270. The van der Waals surface area contributed by atoms with Crippen LogP contribution in [-0.4, -0.2) is 93.6 Å². The second-order valence-corrected chi connectivity index (χ2v) is 11.6. The molecule has 0 saturated carbocycles. The molecule has 0 radical (unpaired) electrons. The summed E-state index contributed by atoms with van der Waals surface area (Å²) in [4.78, 5) is 79.8. The van der Waals surface area contributed by atoms with Gasteiger partial charge >= 0.3 is 11.9 Å². The molecule has 0 saturated heterocycles. The van der Waals surface area contributed by atoms with Gasteiger partial charge in [0, 0.05) is 13.0 Å². The van der Waals surface area contributed by atoms with Crippen LogP contribution < -0.4 is 38.5 Å². The summed E-state index contributed by atoms with van der Waals surface area (Å²) in [6.45, 7) is 6.82. The van der Waals surface area contributed by atoms with Crippen LogP contribution in [0.1, 0.15) is 58.9 Å². The Labute approximate surface area is 273 Å². The number of nitrogens with two attached hydrogens (primary N) is 3. The molecule has 1 rings (SSSR count). The molecule has 0 aliphatic rings. The number of hydrogen-bond acceptors (Lipinski definition) is 9. The van der Waals surface area contributed by atoms with Crippen molar-refractivity contribution in [2.24, 2.45) is 34.0 Å². The third kappa shape index (κ3) is 14.4. The van der Waals surface area contributed by atoms with E-state index in [1.54, 1.807) is 27.7 Å². The number of benzene rings is 1. The van der Waals surface area contributed by atoms with Crippen LogP contribution in [0.3, 0.4) is 0 Å². The van der Waals surface area contributed by atoms with E-state index < -0.39 is 84.0 Å². The number of aliphatic carboxylic acids is 2. The first-order chi connectivity index (χ1) is 22.0. The molecule has 0 aromatic heterocycles. The number of phenolic OH excluding ortho intramolecular Hbond substituents is 1. The number of aromatic hydroxyl groups is 1. The Morgan fingerprint density at radius 3 is 1.87 bits per heavy atom. The fourth-order valence-corrected chi connectivity index (χ4v) is 4.40. The predicted octanol–water partition coefficient (Wildman–Crippen LogP) is -1.48. The second kappa shape index (κ2) is 19.6. The Hall–Kier alpha value is -4.93. The molecule has 0 aliphatic carbocycles. The molecule has 6 atom stereocenters. The van der Waals surface area contributed by atoms with Crippen molar-refractivity contribution in [2.45, 2.75) is 90.0 Å². The summed E-state index contributed by atoms with van der Waals surface area (Å²) < 4.78 is 0. The molecule has 0 bridgehead atoms. The molecule has 1 aromatic carbocycles. The predicted molar refractivity (Wildman–Crippen MR) is 172 cm³/mol. The number of aliphatic imine (C=N–C) groups is 1. The van der Waals surface area contributed by atoms with E-state index in [4.69, 9.17) is 22.3 Å². The van der Waals surface area contributed by atoms with Gasteiger partial charge in [-0.1, -0.05) is 46.2 Å². The number of rotatable bonds is 20. The number of carboxylic acid groups (broad SMARTS) is 2. The van der Waals surface area contributed by atoms with Crippen LogP contribution in [0, 0.1) is 11.8 Å². The van der Waals surface area contributed by atoms with Gasteiger partial charge in [0.15, 0.2) is 5.96 Å². The molecule has 0 aliphatic heterocycles. The van der Waals surface area contributed by atoms with Crippen LogP contribution in [0.5, 0.6) is 5.75 Å². The SMILES string of the molecule is CCC(C)[C@H](NC(=O)[C@H](Cc1ccc(O)cc1)NC(=O)[C@@H](NC(=O)[C@H](CCCN=C(N)N)NC(=O)[C@@H](N)CC(=O)O)C(C)C)C(=O)O. The fraction of sp³-hybridized carbons (Fsp3) is 0.567. The maximum atomic E-state index is 13.6. The van der Waals surface area contributed by atoms with Crippen molar-refractivity contribution in [3.8, 4) is 5.75 Å². The van der Waals surface area contributed by atoms with E-state index in [9.17, 15) is 39.0 Å². The van der Waals surface area contributed by atoms with Crippen molar-refractivity contribution in [3.05, 3.63) is 29.8 Å². The van der Waals surface area contributed by atoms with E-state index in [0.29, 0.717) is 12.0 Å². The summed E-state index contributed by atoms with van der Waals surface area (Å²) in [5, 5.41) is 38.5. The minimum atomic E-state index is -1.45. The van der Waals surface area contributed by atoms with Gasteiger partial charge in [-0.05, 0) is 42.4 Å². The van der Waals surface area contributed by atoms with Gasteiger partial charge in [-0.3, -0.25) is 29.0 Å². The topological polar surface area (TPSA) is 302 Å². The maximum absolute atomic E-state index is 13.6. The minimum absolute atomic E-state index is 0.00134. The first-order valence-electron chi connectivity index (χ1n) is 15.2. The lowest BCUT2D eigenvalue weighted by Gasteiger charge is -2.28. The zero-order valence-electron chi connectivity index (χ0n) is 27.1. The summed E-state index contributed by atoms with van der Waals surface area (Å²) in [7, 11) is 0. The van der Waals surface area contributed by atoms with E-state index in [-0.39, 0.29) is 37.5 Å². The Balaban J connectivity index is 3.28. The highest BCUT2D eigenvalue weighted by molar-refractivity contribution is 5.96. The first kappa shape index (κ1) is 40.1. The van der Waals surface area contributed by atoms with Gasteiger partial charge in [0.2, 0.25) is 23.6 Å². The monoisotopic (exact) mass is 664 g/mol. The van der Waals surface area contributed by atoms with Gasteiger partial charge < -0.3 is 53.8 Å². The average Bonchev–Trinajstić information content (AvgIpc) is 2.99. The zero-order chi connectivity index (χ0) is 35.8. The van der Waals surface area contributed by atoms with Crippen LogP contribution in [0.25, 0.3) is 0 Å². The van der Waals surface area contributed by atoms with Crippen molar-refractivity contribution >= 4 is 41.5 Å². The lowest BCUT2D eigenvalue weighted by Crippen LogP contribution is -2.60. The molecule has 47 heavy (non-hydrogen) atoms. The minimum Gasteiger partial charge on any atom is -0.508 e. The molecule has 17 heteroatoms. The number of carbonyl (C=O) groups is 6. The van der Waals surface area contributed by atoms with Crippen LogP contribution >= 0.6 is 0 Å². The van der Waals surface area contributed by atoms with Crippen LogP contribution in [0.2, 0.25) is 0 Å². The highest BCUT2D eigenvalue weighted by Gasteiger charge is 2.34. The summed E-state index contributed by atoms with van der Waals surface area (Å²) in [6, 6.07) is -0.577. The standard InChI is InChI=1S/C30H48N8O9/c1-5-16(4)24(29(46)47)38-27(44)21(13-17-8-10-18(39)11-9-17)36-28(45)23(15(2)3)37-26(43)20(7-6-12-34-30(32)33)35-25(42)19(31)14-22(40)41/h8-11,15-16,19-21,23-24,39H,5-7,12-14,31H2,1-4H3,(H,35,42)(H,36,45)(H,37,43)(H,38,44)(H,40,41)(H,46,47)(H4,32,33,34)/t16?,19-,20-,21-,23-,24-/m0/s1. The van der Waals surface area contributed by atoms with Crippen LogP contribution in [-0.2, 0) is 35.2 Å². The number of carbonyl (C=O) groups excluding carboxylic acids is 4. The van der Waals surface area contributed by atoms with E-state index in [2.05, 4.69) is 26.3 Å². The smallest absolute Gasteiger partial charge is 0.326 e. The highest BCUT2D eigenvalue weighted by atomic mass is 16.4. The van der Waals surface area contributed by atoms with Crippen LogP contribution in [0.15, 0.2) is 29.3 Å². The molecule has 17 nitrogen and oxygen atoms in total. The summed E-state index contributed by atoms with van der Waals surface area (Å²) in [5.74, 6) is -6.95. The summed E-state index contributed by atoms with van der Waals surface area (Å²) >= 11 is 0. The van der Waals surface area contributed by atoms with Crippen molar-refractivity contribution in [1.82, 2.24) is 21.3 Å². The molecule has 0 fully saturated rings. The first-order valence-corrected chi connectivity index (χ1v) is 15.2. The number of phenols is 1. The summed E-state index contributed by atoms with van der Waals surface area (Å²) in [6.07, 6.45) is -0.0835. The van der Waals surface area contributed by atoms with Gasteiger partial charge in [0.1, 0.15) is 29.9 Å². The Morgan fingerprint density at radius 2 is 1.36 bits per heavy atom. The molecule has 0 spiro atoms. The van der Waals surface area contributed by atoms with Gasteiger partial charge in [-0.15, -0.1) is 0 Å². The Morgan fingerprint density at radius 1 is 0.809 bits per heavy atom. The third-order valence-electron chi connectivity index (χ3n) is 7.34. The molecule has 1 aromatic rings. The van der Waals surface area contributed by atoms with Crippen LogP contribution in [0.4, 0.5) is 0 Å². The lowest BCUT2D eigenvalue weighted by molar-refractivity contribution is -0.144. The van der Waals surface area contributed by atoms with Crippen molar-refractivity contribution < 1.29 is 44.1 Å². The molecule has 262 valence electrons. The molecule has 4 amide bonds. The molecule has 1 unspecified atom stereocenters. The van der Waals surface area contributed by atoms with E-state index in [1.165, 1.54) is 24.3 Å². The number of amides is 4. The van der Waals surface area contributed by atoms with Gasteiger partial charge in [0.05, 0.1) is 12.5 Å². The highest BCUT2D eigenvalue weighted by Crippen LogP contribution is 2.14. The van der Waals surface area contributed by atoms with E-state index >= 15 is 0 Å². The van der Waals surface area contributed by atoms with Gasteiger partial charge in [0.25, 0.3) is 0 Å². The maximum Gasteiger partial charge on any atom is 0.326 e. The number of guanidine groups is 1. The Kier molecular flexibility index (Phi) is 16.7. The average molecular weight is 665 g/mol. The van der Waals surface area contributed by atoms with Gasteiger partial charge in [-0.2, -0.15) is 0 Å². The number of carboxylic acids is 2. The van der Waals surface area contributed by atoms with E-state index in [0.717, 1.165) is 0 Å². The number of nitrogens with one attached hydrogen (secondary N) is 4. The van der Waals surface area contributed by atoms with E-state index in [1.807, 2.05) is 0 Å². The fourth-order valence-electron chi connectivity index (χ4n) is 4.40. The zero-order valence-corrected chi connectivity index (χ0v) is 27.1. The largest absolute Gasteiger partial charge is 0.508 e. The van der Waals surface area contributed by atoms with Crippen molar-refractivity contribution in [3.63, 3.8) is 0 Å². The molecular weight excluding hydrogens is 616 g/mol. The van der Waals surface area contributed by atoms with Crippen molar-refractivity contribution in [2.75, 3.05) is 6.54 Å².